The summed E-state index contributed by atoms with van der Waals surface area (Å²) in [6.07, 6.45) is 15.8. The Hall–Kier alpha value is -3.33. The summed E-state index contributed by atoms with van der Waals surface area (Å²) in [4.78, 5) is 21.9. The lowest BCUT2D eigenvalue weighted by atomic mass is 10.0. The molecule has 2 nitrogen and oxygen atoms in total. The molecule has 0 atom stereocenters. The average Bonchev–Trinajstić information content (AvgIpc) is 2.92. The molecule has 0 bridgehead atoms. The lowest BCUT2D eigenvalue weighted by molar-refractivity contribution is -0.114. The standard InChI is InChI=1S/C12H16O.C11H13F.C10H16O.C4H10.C3H8/c1-5-7-8-9-10(3)12(6-2)11(4)13;1-8(2)6-10-7-11(12)5-4-9(10)3;1-7(2)8(3)6-9(4)10(5)11;1-3-4-2;1-3-2/h5-9H,2H2,1,3-4H3;4-5,7H,1,6H2,2-3H3;6-7H,3H2,1-2,4-5H3;3-4H2,1-2H3;3H2,1-2H3/b7-5-,9-8-,12-10-;;9-6+;;. The molecule has 1 aromatic rings. The molecular formula is C40H63FO2. The zero-order valence-electron chi connectivity index (χ0n) is 29.9. The summed E-state index contributed by atoms with van der Waals surface area (Å²) in [7, 11) is 0. The SMILES string of the molecule is C=C(/C=C(\C)C(C)=O)C(C)C.C=C(C)Cc1cc(F)ccc1C.C=C/C(C(C)=O)=C(C)/C=C\C=C/C.CCC.CCCC. The Bertz CT molecular complexity index is 1090. The normalized spacial score (nSPS) is 11.0. The van der Waals surface area contributed by atoms with Gasteiger partial charge in [0.1, 0.15) is 5.82 Å². The van der Waals surface area contributed by atoms with Gasteiger partial charge in [-0.25, -0.2) is 4.39 Å². The Balaban J connectivity index is -0.000000239. The van der Waals surface area contributed by atoms with E-state index in [2.05, 4.69) is 61.3 Å². The minimum absolute atomic E-state index is 0.0534. The van der Waals surface area contributed by atoms with E-state index < -0.39 is 0 Å². The molecule has 0 spiro atoms. The van der Waals surface area contributed by atoms with Crippen LogP contribution in [0, 0.1) is 18.7 Å². The number of carbonyl (C=O) groups excluding carboxylic acids is 2. The van der Waals surface area contributed by atoms with E-state index in [1.807, 2.05) is 65.0 Å². The van der Waals surface area contributed by atoms with Crippen molar-refractivity contribution >= 4 is 11.6 Å². The number of ketones is 2. The molecule has 0 saturated heterocycles. The molecule has 242 valence electrons. The van der Waals surface area contributed by atoms with Crippen LogP contribution in [0.3, 0.4) is 0 Å². The molecule has 0 aliphatic carbocycles. The number of hydrogen-bond acceptors (Lipinski definition) is 2. The molecule has 0 saturated carbocycles. The highest BCUT2D eigenvalue weighted by molar-refractivity contribution is 5.97. The fourth-order valence-electron chi connectivity index (χ4n) is 2.69. The number of hydrogen-bond donors (Lipinski definition) is 0. The quantitative estimate of drug-likeness (QED) is 0.153. The predicted molar refractivity (Wildman–Crippen MR) is 192 cm³/mol. The summed E-state index contributed by atoms with van der Waals surface area (Å²) in [5, 5.41) is 0. The zero-order chi connectivity index (χ0) is 34.5. The lowest BCUT2D eigenvalue weighted by Gasteiger charge is -2.04. The molecule has 3 heteroatoms. The number of Topliss-reactive ketones (excluding diaryl/α,β-unsaturated/α-hetero) is 2. The smallest absolute Gasteiger partial charge is 0.160 e. The number of benzene rings is 1. The van der Waals surface area contributed by atoms with Gasteiger partial charge < -0.3 is 0 Å². The third-order valence-corrected chi connectivity index (χ3v) is 5.66. The second-order valence-corrected chi connectivity index (χ2v) is 10.8. The first-order valence-corrected chi connectivity index (χ1v) is 15.4. The van der Waals surface area contributed by atoms with Crippen molar-refractivity contribution in [2.75, 3.05) is 0 Å². The molecule has 0 aliphatic heterocycles. The van der Waals surface area contributed by atoms with Gasteiger partial charge in [-0.05, 0) is 95.2 Å². The maximum absolute atomic E-state index is 12.8. The third-order valence-electron chi connectivity index (χ3n) is 5.66. The van der Waals surface area contributed by atoms with E-state index in [0.717, 1.165) is 39.8 Å². The monoisotopic (exact) mass is 594 g/mol. The topological polar surface area (TPSA) is 34.1 Å². The van der Waals surface area contributed by atoms with Crippen molar-refractivity contribution < 1.29 is 14.0 Å². The summed E-state index contributed by atoms with van der Waals surface area (Å²) < 4.78 is 12.8. The van der Waals surface area contributed by atoms with Gasteiger partial charge >= 0.3 is 0 Å². The van der Waals surface area contributed by atoms with Crippen LogP contribution in [0.1, 0.15) is 113 Å². The molecule has 1 rings (SSSR count). The largest absolute Gasteiger partial charge is 0.295 e. The van der Waals surface area contributed by atoms with Crippen molar-refractivity contribution in [2.24, 2.45) is 5.92 Å². The van der Waals surface area contributed by atoms with Crippen LogP contribution in [0.5, 0.6) is 0 Å². The second-order valence-electron chi connectivity index (χ2n) is 10.8. The van der Waals surface area contributed by atoms with Crippen LogP contribution in [0.4, 0.5) is 4.39 Å². The van der Waals surface area contributed by atoms with Crippen molar-refractivity contribution in [2.45, 2.75) is 116 Å². The van der Waals surface area contributed by atoms with Gasteiger partial charge in [0.05, 0.1) is 0 Å². The van der Waals surface area contributed by atoms with Crippen molar-refractivity contribution in [1.82, 2.24) is 0 Å². The second kappa shape index (κ2) is 30.1. The van der Waals surface area contributed by atoms with E-state index in [4.69, 9.17) is 0 Å². The van der Waals surface area contributed by atoms with Crippen LogP contribution in [-0.4, -0.2) is 11.6 Å². The molecule has 0 aliphatic rings. The van der Waals surface area contributed by atoms with Crippen molar-refractivity contribution in [3.8, 4) is 0 Å². The van der Waals surface area contributed by atoms with E-state index in [1.165, 1.54) is 25.3 Å². The van der Waals surface area contributed by atoms with E-state index in [9.17, 15) is 14.0 Å². The fraction of sp³-hybridized carbons (Fsp3) is 0.450. The Morgan fingerprint density at radius 3 is 1.77 bits per heavy atom. The number of rotatable bonds is 10. The number of aryl methyl sites for hydroxylation is 1. The number of allylic oxidation sites excluding steroid dienone is 11. The Kier molecular flexibility index (Phi) is 32.7. The van der Waals surface area contributed by atoms with Crippen molar-refractivity contribution in [3.05, 3.63) is 119 Å². The summed E-state index contributed by atoms with van der Waals surface area (Å²) in [5.41, 5.74) is 6.63. The van der Waals surface area contributed by atoms with Gasteiger partial charge in [-0.2, -0.15) is 0 Å². The number of unbranched alkanes of at least 4 members (excludes halogenated alkanes) is 1. The van der Waals surface area contributed by atoms with E-state index in [-0.39, 0.29) is 17.4 Å². The van der Waals surface area contributed by atoms with Gasteiger partial charge in [-0.3, -0.25) is 9.59 Å². The average molecular weight is 595 g/mol. The highest BCUT2D eigenvalue weighted by Gasteiger charge is 2.01. The van der Waals surface area contributed by atoms with Gasteiger partial charge in [-0.1, -0.05) is 134 Å². The maximum Gasteiger partial charge on any atom is 0.160 e. The summed E-state index contributed by atoms with van der Waals surface area (Å²) in [5.74, 6) is 0.422. The van der Waals surface area contributed by atoms with Crippen LogP contribution in [0.25, 0.3) is 0 Å². The van der Waals surface area contributed by atoms with Crippen LogP contribution in [-0.2, 0) is 16.0 Å². The number of carbonyl (C=O) groups is 2. The van der Waals surface area contributed by atoms with E-state index >= 15 is 0 Å². The first-order chi connectivity index (χ1) is 20.0. The molecule has 0 unspecified atom stereocenters. The van der Waals surface area contributed by atoms with Crippen LogP contribution in [0.15, 0.2) is 102 Å². The molecule has 0 heterocycles. The Morgan fingerprint density at radius 2 is 1.42 bits per heavy atom. The molecule has 0 aromatic heterocycles. The zero-order valence-corrected chi connectivity index (χ0v) is 29.9. The van der Waals surface area contributed by atoms with Gasteiger partial charge in [0.15, 0.2) is 11.6 Å². The number of halogens is 1. The van der Waals surface area contributed by atoms with E-state index in [0.29, 0.717) is 11.5 Å². The first-order valence-electron chi connectivity index (χ1n) is 15.4. The van der Waals surface area contributed by atoms with Gasteiger partial charge in [0.25, 0.3) is 0 Å². The summed E-state index contributed by atoms with van der Waals surface area (Å²) >= 11 is 0. The lowest BCUT2D eigenvalue weighted by Crippen LogP contribution is -1.95. The molecule has 0 fully saturated rings. The minimum atomic E-state index is -0.170. The molecule has 0 N–H and O–H groups in total. The van der Waals surface area contributed by atoms with Crippen LogP contribution >= 0.6 is 0 Å². The van der Waals surface area contributed by atoms with Crippen molar-refractivity contribution in [3.63, 3.8) is 0 Å². The summed E-state index contributed by atoms with van der Waals surface area (Å²) in [6, 6.07) is 4.86. The van der Waals surface area contributed by atoms with Crippen LogP contribution in [0.2, 0.25) is 0 Å². The molecule has 0 amide bonds. The highest BCUT2D eigenvalue weighted by Crippen LogP contribution is 2.14. The Morgan fingerprint density at radius 1 is 0.907 bits per heavy atom. The predicted octanol–water partition coefficient (Wildman–Crippen LogP) is 12.4. The molecule has 43 heavy (non-hydrogen) atoms. The van der Waals surface area contributed by atoms with E-state index in [1.54, 1.807) is 32.1 Å². The minimum Gasteiger partial charge on any atom is -0.295 e. The third kappa shape index (κ3) is 29.9. The Labute approximate surface area is 266 Å². The van der Waals surface area contributed by atoms with Crippen LogP contribution < -0.4 is 0 Å². The molecule has 1 aromatic carbocycles. The van der Waals surface area contributed by atoms with Crippen molar-refractivity contribution in [1.29, 1.82) is 0 Å². The van der Waals surface area contributed by atoms with Gasteiger partial charge in [0.2, 0.25) is 0 Å². The molecule has 0 radical (unpaired) electrons. The first kappa shape index (κ1) is 46.6. The highest BCUT2D eigenvalue weighted by atomic mass is 19.1. The van der Waals surface area contributed by atoms with Gasteiger partial charge in [0, 0.05) is 5.57 Å². The summed E-state index contributed by atoms with van der Waals surface area (Å²) in [6.45, 7) is 36.7. The molecular weight excluding hydrogens is 531 g/mol. The van der Waals surface area contributed by atoms with Gasteiger partial charge in [-0.15, -0.1) is 0 Å². The fourth-order valence-corrected chi connectivity index (χ4v) is 2.69. The maximum atomic E-state index is 12.8.